The number of rotatable bonds is 8. The number of amides is 2. The molecule has 2 aromatic rings. The second kappa shape index (κ2) is 10.5. The molecule has 8 nitrogen and oxygen atoms in total. The van der Waals surface area contributed by atoms with Crippen LogP contribution < -0.4 is 10.6 Å². The van der Waals surface area contributed by atoms with Crippen LogP contribution in [0.3, 0.4) is 0 Å². The summed E-state index contributed by atoms with van der Waals surface area (Å²) in [4.78, 5) is 48.7. The minimum Gasteiger partial charge on any atom is -0.462 e. The zero-order valence-electron chi connectivity index (χ0n) is 17.3. The largest absolute Gasteiger partial charge is 0.462 e. The van der Waals surface area contributed by atoms with Gasteiger partial charge in [0.25, 0.3) is 5.91 Å². The first kappa shape index (κ1) is 23.1. The molecule has 2 rings (SSSR count). The molecule has 0 saturated carbocycles. The molecular weight excluding hydrogens is 408 g/mol. The molecule has 0 aliphatic rings. The summed E-state index contributed by atoms with van der Waals surface area (Å²) in [5.74, 6) is -1.96. The maximum atomic E-state index is 12.3. The topological polar surface area (TPSA) is 111 Å². The van der Waals surface area contributed by atoms with Gasteiger partial charge in [0.05, 0.1) is 17.7 Å². The first-order chi connectivity index (χ1) is 14.3. The standard InChI is InChI=1S/C21H24N2O6S/c1-5-16-12(3)30-19(18(16)21(27)28-6-2)23-17(25)11-29-20(26)14-7-9-15(10-8-14)22-13(4)24/h7-10H,5-6,11H2,1-4H3,(H,22,24)(H,23,25). The number of nitrogens with one attached hydrogen (secondary N) is 2. The molecule has 1 aromatic carbocycles. The second-order valence-electron chi connectivity index (χ2n) is 6.30. The Morgan fingerprint density at radius 2 is 1.63 bits per heavy atom. The van der Waals surface area contributed by atoms with Gasteiger partial charge in [0.1, 0.15) is 5.00 Å². The van der Waals surface area contributed by atoms with Crippen molar-refractivity contribution in [3.05, 3.63) is 45.8 Å². The fourth-order valence-corrected chi connectivity index (χ4v) is 3.93. The fourth-order valence-electron chi connectivity index (χ4n) is 2.78. The summed E-state index contributed by atoms with van der Waals surface area (Å²) >= 11 is 1.28. The molecule has 0 bridgehead atoms. The Labute approximate surface area is 178 Å². The number of hydrogen-bond donors (Lipinski definition) is 2. The van der Waals surface area contributed by atoms with Gasteiger partial charge in [-0.2, -0.15) is 0 Å². The van der Waals surface area contributed by atoms with Crippen LogP contribution in [0, 0.1) is 6.92 Å². The summed E-state index contributed by atoms with van der Waals surface area (Å²) in [6.45, 7) is 6.60. The van der Waals surface area contributed by atoms with Crippen molar-refractivity contribution in [2.45, 2.75) is 34.1 Å². The van der Waals surface area contributed by atoms with E-state index in [4.69, 9.17) is 9.47 Å². The van der Waals surface area contributed by atoms with E-state index in [0.717, 1.165) is 10.4 Å². The van der Waals surface area contributed by atoms with Gasteiger partial charge in [0, 0.05) is 17.5 Å². The van der Waals surface area contributed by atoms with E-state index >= 15 is 0 Å². The summed E-state index contributed by atoms with van der Waals surface area (Å²) in [5.41, 5.74) is 1.95. The number of hydrogen-bond acceptors (Lipinski definition) is 7. The first-order valence-corrected chi connectivity index (χ1v) is 10.2. The predicted molar refractivity (Wildman–Crippen MR) is 114 cm³/mol. The van der Waals surface area contributed by atoms with Gasteiger partial charge in [-0.25, -0.2) is 9.59 Å². The van der Waals surface area contributed by atoms with Gasteiger partial charge in [0.2, 0.25) is 5.91 Å². The zero-order valence-corrected chi connectivity index (χ0v) is 18.1. The van der Waals surface area contributed by atoms with Crippen LogP contribution >= 0.6 is 11.3 Å². The third-order valence-electron chi connectivity index (χ3n) is 4.07. The van der Waals surface area contributed by atoms with Crippen molar-refractivity contribution in [1.82, 2.24) is 0 Å². The number of aryl methyl sites for hydroxylation is 1. The van der Waals surface area contributed by atoms with Crippen molar-refractivity contribution in [3.63, 3.8) is 0 Å². The molecule has 0 aliphatic carbocycles. The average Bonchev–Trinajstić information content (AvgIpc) is 3.01. The van der Waals surface area contributed by atoms with Crippen LogP contribution in [0.1, 0.15) is 51.9 Å². The fraction of sp³-hybridized carbons (Fsp3) is 0.333. The molecule has 9 heteroatoms. The number of benzene rings is 1. The average molecular weight is 432 g/mol. The van der Waals surface area contributed by atoms with Crippen molar-refractivity contribution in [2.24, 2.45) is 0 Å². The van der Waals surface area contributed by atoms with E-state index in [1.54, 1.807) is 19.1 Å². The van der Waals surface area contributed by atoms with Gasteiger partial charge in [-0.1, -0.05) is 6.92 Å². The van der Waals surface area contributed by atoms with Gasteiger partial charge in [0.15, 0.2) is 6.61 Å². The molecule has 0 radical (unpaired) electrons. The number of thiophene rings is 1. The van der Waals surface area contributed by atoms with Crippen molar-refractivity contribution < 1.29 is 28.7 Å². The normalized spacial score (nSPS) is 10.3. The van der Waals surface area contributed by atoms with Crippen LogP contribution in [0.4, 0.5) is 10.7 Å². The molecule has 0 unspecified atom stereocenters. The van der Waals surface area contributed by atoms with E-state index in [0.29, 0.717) is 22.7 Å². The highest BCUT2D eigenvalue weighted by molar-refractivity contribution is 7.16. The van der Waals surface area contributed by atoms with Crippen LogP contribution in [-0.2, 0) is 25.5 Å². The quantitative estimate of drug-likeness (QED) is 0.617. The molecule has 30 heavy (non-hydrogen) atoms. The summed E-state index contributed by atoms with van der Waals surface area (Å²) in [6, 6.07) is 6.09. The third kappa shape index (κ3) is 5.90. The van der Waals surface area contributed by atoms with Crippen molar-refractivity contribution in [1.29, 1.82) is 0 Å². The minimum absolute atomic E-state index is 0.223. The smallest absolute Gasteiger partial charge is 0.341 e. The van der Waals surface area contributed by atoms with E-state index in [1.165, 1.54) is 30.4 Å². The molecule has 0 fully saturated rings. The van der Waals surface area contributed by atoms with Gasteiger partial charge in [-0.05, 0) is 50.1 Å². The molecule has 1 heterocycles. The molecule has 0 aliphatic heterocycles. The van der Waals surface area contributed by atoms with Crippen molar-refractivity contribution in [2.75, 3.05) is 23.8 Å². The summed E-state index contributed by atoms with van der Waals surface area (Å²) in [5, 5.41) is 5.61. The number of esters is 2. The van der Waals surface area contributed by atoms with E-state index in [2.05, 4.69) is 10.6 Å². The molecule has 2 amide bonds. The van der Waals surface area contributed by atoms with Crippen LogP contribution in [0.2, 0.25) is 0 Å². The Morgan fingerprint density at radius 1 is 0.967 bits per heavy atom. The third-order valence-corrected chi connectivity index (χ3v) is 5.13. The number of ether oxygens (including phenoxy) is 2. The van der Waals surface area contributed by atoms with Crippen LogP contribution in [-0.4, -0.2) is 37.0 Å². The highest BCUT2D eigenvalue weighted by Gasteiger charge is 2.23. The first-order valence-electron chi connectivity index (χ1n) is 9.40. The van der Waals surface area contributed by atoms with Crippen molar-refractivity contribution in [3.8, 4) is 0 Å². The SMILES string of the molecule is CCOC(=O)c1c(NC(=O)COC(=O)c2ccc(NC(C)=O)cc2)sc(C)c1CC. The lowest BCUT2D eigenvalue weighted by Crippen LogP contribution is -2.22. The molecule has 0 spiro atoms. The van der Waals surface area contributed by atoms with Gasteiger partial charge in [-0.15, -0.1) is 11.3 Å². The van der Waals surface area contributed by atoms with E-state index < -0.39 is 24.5 Å². The van der Waals surface area contributed by atoms with Crippen LogP contribution in [0.5, 0.6) is 0 Å². The lowest BCUT2D eigenvalue weighted by molar-refractivity contribution is -0.119. The Morgan fingerprint density at radius 3 is 2.20 bits per heavy atom. The molecule has 160 valence electrons. The Hall–Kier alpha value is -3.20. The maximum Gasteiger partial charge on any atom is 0.341 e. The van der Waals surface area contributed by atoms with E-state index in [1.807, 2.05) is 13.8 Å². The lowest BCUT2D eigenvalue weighted by Gasteiger charge is -2.09. The number of carbonyl (C=O) groups is 4. The maximum absolute atomic E-state index is 12.3. The highest BCUT2D eigenvalue weighted by Crippen LogP contribution is 2.34. The van der Waals surface area contributed by atoms with Gasteiger partial charge >= 0.3 is 11.9 Å². The van der Waals surface area contributed by atoms with E-state index in [-0.39, 0.29) is 18.1 Å². The molecule has 1 aromatic heterocycles. The second-order valence-corrected chi connectivity index (χ2v) is 7.52. The lowest BCUT2D eigenvalue weighted by atomic mass is 10.1. The monoisotopic (exact) mass is 432 g/mol. The minimum atomic E-state index is -0.679. The zero-order chi connectivity index (χ0) is 22.3. The highest BCUT2D eigenvalue weighted by atomic mass is 32.1. The Bertz CT molecular complexity index is 949. The molecular formula is C21H24N2O6S. The molecule has 0 atom stereocenters. The van der Waals surface area contributed by atoms with E-state index in [9.17, 15) is 19.2 Å². The van der Waals surface area contributed by atoms with Crippen LogP contribution in [0.25, 0.3) is 0 Å². The van der Waals surface area contributed by atoms with Gasteiger partial charge in [-0.3, -0.25) is 9.59 Å². The summed E-state index contributed by atoms with van der Waals surface area (Å²) in [6.07, 6.45) is 0.621. The molecule has 2 N–H and O–H groups in total. The predicted octanol–water partition coefficient (Wildman–Crippen LogP) is 3.55. The van der Waals surface area contributed by atoms with Gasteiger partial charge < -0.3 is 20.1 Å². The molecule has 0 saturated heterocycles. The summed E-state index contributed by atoms with van der Waals surface area (Å²) in [7, 11) is 0. The summed E-state index contributed by atoms with van der Waals surface area (Å²) < 4.78 is 10.1. The Kier molecular flexibility index (Phi) is 8.11. The Balaban J connectivity index is 2.01. The number of carbonyl (C=O) groups excluding carboxylic acids is 4. The van der Waals surface area contributed by atoms with Crippen LogP contribution in [0.15, 0.2) is 24.3 Å². The van der Waals surface area contributed by atoms with Crippen molar-refractivity contribution >= 4 is 45.8 Å². The number of anilines is 2.